The molecule has 2 aromatic rings. The summed E-state index contributed by atoms with van der Waals surface area (Å²) in [5.74, 6) is -1.32. The summed E-state index contributed by atoms with van der Waals surface area (Å²) < 4.78 is 10.6. The van der Waals surface area contributed by atoms with Gasteiger partial charge < -0.3 is 9.47 Å². The van der Waals surface area contributed by atoms with Crippen molar-refractivity contribution in [3.05, 3.63) is 83.9 Å². The lowest BCUT2D eigenvalue weighted by molar-refractivity contribution is -0.135. The zero-order valence-corrected chi connectivity index (χ0v) is 25.0. The molecule has 8 nitrogen and oxygen atoms in total. The van der Waals surface area contributed by atoms with E-state index in [-0.39, 0.29) is 48.9 Å². The van der Waals surface area contributed by atoms with E-state index in [1.165, 1.54) is 9.80 Å². The number of imide groups is 2. The zero-order chi connectivity index (χ0) is 30.2. The zero-order valence-electron chi connectivity index (χ0n) is 25.0. The van der Waals surface area contributed by atoms with Crippen molar-refractivity contribution in [1.82, 2.24) is 9.80 Å². The van der Waals surface area contributed by atoms with E-state index in [0.717, 1.165) is 11.1 Å². The average Bonchev–Trinajstić information content (AvgIpc) is 3.51. The van der Waals surface area contributed by atoms with E-state index in [9.17, 15) is 19.2 Å². The number of amides is 4. The summed E-state index contributed by atoms with van der Waals surface area (Å²) in [5.41, 5.74) is 2.08. The minimum absolute atomic E-state index is 0.00596. The maximum Gasteiger partial charge on any atom is 0.416 e. The maximum absolute atomic E-state index is 13.6. The number of cyclic esters (lactones) is 2. The number of benzene rings is 2. The van der Waals surface area contributed by atoms with Crippen LogP contribution < -0.4 is 0 Å². The molecule has 2 heterocycles. The molecule has 0 bridgehead atoms. The third kappa shape index (κ3) is 7.46. The predicted molar refractivity (Wildman–Crippen MR) is 159 cm³/mol. The largest absolute Gasteiger partial charge is 0.447 e. The Bertz CT molecular complexity index is 1160. The molecule has 2 aromatic carbocycles. The first-order chi connectivity index (χ1) is 20.2. The van der Waals surface area contributed by atoms with Crippen LogP contribution in [-0.4, -0.2) is 59.1 Å². The number of hydrogen-bond acceptors (Lipinski definition) is 6. The van der Waals surface area contributed by atoms with Gasteiger partial charge in [-0.1, -0.05) is 101 Å². The first-order valence-electron chi connectivity index (χ1n) is 14.9. The van der Waals surface area contributed by atoms with Crippen LogP contribution in [0.5, 0.6) is 0 Å². The molecule has 4 rings (SSSR count). The van der Waals surface area contributed by atoms with Gasteiger partial charge in [-0.25, -0.2) is 19.4 Å². The van der Waals surface area contributed by atoms with Gasteiger partial charge in [0.05, 0.1) is 12.1 Å². The monoisotopic (exact) mass is 574 g/mol. The predicted octanol–water partition coefficient (Wildman–Crippen LogP) is 6.05. The number of allylic oxidation sites excluding steroid dienone is 2. The summed E-state index contributed by atoms with van der Waals surface area (Å²) in [7, 11) is 0. The molecular weight excluding hydrogens is 532 g/mol. The molecule has 2 aliphatic rings. The lowest BCUT2D eigenvalue weighted by Crippen LogP contribution is -2.45. The first kappa shape index (κ1) is 31.0. The second-order valence-electron chi connectivity index (χ2n) is 11.9. The van der Waals surface area contributed by atoms with Crippen LogP contribution in [0.15, 0.2) is 72.8 Å². The number of carbonyl (C=O) groups is 4. The Morgan fingerprint density at radius 1 is 0.690 bits per heavy atom. The molecule has 2 aliphatic heterocycles. The molecule has 0 aromatic heterocycles. The van der Waals surface area contributed by atoms with E-state index in [0.29, 0.717) is 25.7 Å². The smallest absolute Gasteiger partial charge is 0.416 e. The van der Waals surface area contributed by atoms with Gasteiger partial charge in [-0.3, -0.25) is 9.59 Å². The van der Waals surface area contributed by atoms with Crippen LogP contribution in [-0.2, 0) is 31.9 Å². The Hall–Kier alpha value is -3.94. The molecule has 42 heavy (non-hydrogen) atoms. The van der Waals surface area contributed by atoms with Gasteiger partial charge >= 0.3 is 12.2 Å². The van der Waals surface area contributed by atoms with Crippen molar-refractivity contribution in [3.63, 3.8) is 0 Å². The topological polar surface area (TPSA) is 93.2 Å². The van der Waals surface area contributed by atoms with E-state index in [1.807, 2.05) is 101 Å². The average molecular weight is 575 g/mol. The van der Waals surface area contributed by atoms with Crippen molar-refractivity contribution in [2.24, 2.45) is 23.7 Å². The van der Waals surface area contributed by atoms with Crippen molar-refractivity contribution in [2.45, 2.75) is 65.5 Å². The number of rotatable bonds is 12. The van der Waals surface area contributed by atoms with Crippen LogP contribution in [0.4, 0.5) is 9.59 Å². The highest BCUT2D eigenvalue weighted by atomic mass is 16.6. The highest BCUT2D eigenvalue weighted by Crippen LogP contribution is 2.28. The molecule has 224 valence electrons. The normalized spacial score (nSPS) is 20.3. The fraction of sp³-hybridized carbons (Fsp3) is 0.471. The number of carbonyl (C=O) groups excluding carboxylic acids is 4. The summed E-state index contributed by atoms with van der Waals surface area (Å²) in [4.78, 5) is 55.0. The Morgan fingerprint density at radius 3 is 1.38 bits per heavy atom. The molecule has 0 N–H and O–H groups in total. The van der Waals surface area contributed by atoms with Gasteiger partial charge in [0.15, 0.2) is 0 Å². The minimum Gasteiger partial charge on any atom is -0.447 e. The fourth-order valence-corrected chi connectivity index (χ4v) is 5.69. The van der Waals surface area contributed by atoms with Crippen molar-refractivity contribution >= 4 is 24.0 Å². The quantitative estimate of drug-likeness (QED) is 0.287. The molecular formula is C34H42N2O6. The van der Waals surface area contributed by atoms with E-state index < -0.39 is 24.0 Å². The number of hydrogen-bond donors (Lipinski definition) is 0. The molecule has 0 saturated carbocycles. The molecule has 2 saturated heterocycles. The van der Waals surface area contributed by atoms with Gasteiger partial charge in [-0.2, -0.15) is 0 Å². The van der Waals surface area contributed by atoms with Gasteiger partial charge in [-0.15, -0.1) is 0 Å². The van der Waals surface area contributed by atoms with Crippen LogP contribution in [0.3, 0.4) is 0 Å². The Kier molecular flexibility index (Phi) is 10.6. The highest BCUT2D eigenvalue weighted by molar-refractivity contribution is 5.95. The van der Waals surface area contributed by atoms with Crippen LogP contribution in [0.1, 0.15) is 51.7 Å². The van der Waals surface area contributed by atoms with E-state index in [2.05, 4.69) is 0 Å². The minimum atomic E-state index is -0.594. The Balaban J connectivity index is 1.40. The molecule has 8 heteroatoms. The van der Waals surface area contributed by atoms with Gasteiger partial charge in [0.1, 0.15) is 13.2 Å². The first-order valence-corrected chi connectivity index (χ1v) is 14.9. The van der Waals surface area contributed by atoms with Crippen molar-refractivity contribution in [1.29, 1.82) is 0 Å². The van der Waals surface area contributed by atoms with Crippen LogP contribution in [0.25, 0.3) is 0 Å². The second-order valence-corrected chi connectivity index (χ2v) is 11.9. The molecule has 0 radical (unpaired) electrons. The molecule has 0 aliphatic carbocycles. The van der Waals surface area contributed by atoms with Crippen molar-refractivity contribution < 1.29 is 28.7 Å². The SMILES string of the molecule is CC(C)C(CC=CCC(C(=O)N1C(=O)OC[C@@H]1Cc1ccccc1)C(C)C)C(=O)N1C(=O)OC[C@@H]1Cc1ccccc1. The summed E-state index contributed by atoms with van der Waals surface area (Å²) in [5, 5.41) is 0. The van der Waals surface area contributed by atoms with E-state index in [1.54, 1.807) is 0 Å². The molecule has 4 amide bonds. The van der Waals surface area contributed by atoms with Gasteiger partial charge in [0, 0.05) is 11.8 Å². The highest BCUT2D eigenvalue weighted by Gasteiger charge is 2.42. The lowest BCUT2D eigenvalue weighted by Gasteiger charge is -2.27. The fourth-order valence-electron chi connectivity index (χ4n) is 5.69. The lowest BCUT2D eigenvalue weighted by atomic mass is 9.88. The molecule has 4 atom stereocenters. The van der Waals surface area contributed by atoms with Gasteiger partial charge in [0.2, 0.25) is 11.8 Å². The van der Waals surface area contributed by atoms with Gasteiger partial charge in [0.25, 0.3) is 0 Å². The molecule has 0 spiro atoms. The van der Waals surface area contributed by atoms with Crippen LogP contribution in [0.2, 0.25) is 0 Å². The summed E-state index contributed by atoms with van der Waals surface area (Å²) in [6, 6.07) is 18.8. The second kappa shape index (κ2) is 14.3. The molecule has 2 unspecified atom stereocenters. The third-order valence-electron chi connectivity index (χ3n) is 8.22. The van der Waals surface area contributed by atoms with Crippen molar-refractivity contribution in [3.8, 4) is 0 Å². The Labute approximate surface area is 248 Å². The summed E-state index contributed by atoms with van der Waals surface area (Å²) in [6.07, 6.45) is 4.60. The third-order valence-corrected chi connectivity index (χ3v) is 8.22. The molecule has 2 fully saturated rings. The summed E-state index contributed by atoms with van der Waals surface area (Å²) >= 11 is 0. The standard InChI is InChI=1S/C34H42N2O6/c1-23(2)29(31(37)35-27(21-41-33(35)39)19-25-13-7-5-8-14-25)17-11-12-18-30(24(3)4)32(38)36-28(22-42-34(36)40)20-26-15-9-6-10-16-26/h5-16,23-24,27-30H,17-22H2,1-4H3/t27-,28-,29?,30?/m0/s1. The van der Waals surface area contributed by atoms with Crippen molar-refractivity contribution in [2.75, 3.05) is 13.2 Å². The number of ether oxygens (including phenoxy) is 2. The Morgan fingerprint density at radius 2 is 1.05 bits per heavy atom. The number of nitrogens with zero attached hydrogens (tertiary/aromatic N) is 2. The van der Waals surface area contributed by atoms with Gasteiger partial charge in [-0.05, 0) is 48.6 Å². The van der Waals surface area contributed by atoms with E-state index >= 15 is 0 Å². The maximum atomic E-state index is 13.6. The summed E-state index contributed by atoms with van der Waals surface area (Å²) in [6.45, 7) is 8.24. The van der Waals surface area contributed by atoms with Crippen LogP contribution >= 0.6 is 0 Å². The van der Waals surface area contributed by atoms with E-state index in [4.69, 9.17) is 9.47 Å². The van der Waals surface area contributed by atoms with Crippen LogP contribution in [0, 0.1) is 23.7 Å².